The molecule has 0 aliphatic rings. The molecule has 0 heterocycles. The van der Waals surface area contributed by atoms with Crippen molar-refractivity contribution in [1.82, 2.24) is 0 Å². The Morgan fingerprint density at radius 2 is 1.86 bits per heavy atom. The second kappa shape index (κ2) is 7.03. The first-order chi connectivity index (χ1) is 10.6. The number of carbonyl (C=O) groups excluding carboxylic acids is 1. The van der Waals surface area contributed by atoms with E-state index in [4.69, 9.17) is 4.74 Å². The van der Waals surface area contributed by atoms with Gasteiger partial charge in [-0.1, -0.05) is 12.1 Å². The Hall–Kier alpha value is -3.15. The summed E-state index contributed by atoms with van der Waals surface area (Å²) in [4.78, 5) is 22.3. The largest absolute Gasteiger partial charge is 0.497 e. The van der Waals surface area contributed by atoms with Gasteiger partial charge in [0.15, 0.2) is 5.78 Å². The van der Waals surface area contributed by atoms with Crippen molar-refractivity contribution in [3.63, 3.8) is 0 Å². The quantitative estimate of drug-likeness (QED) is 0.382. The Labute approximate surface area is 127 Å². The number of ether oxygens (including phenoxy) is 1. The van der Waals surface area contributed by atoms with Gasteiger partial charge in [-0.15, -0.1) is 0 Å². The van der Waals surface area contributed by atoms with Gasteiger partial charge in [-0.05, 0) is 30.3 Å². The highest BCUT2D eigenvalue weighted by atomic mass is 16.6. The molecule has 2 aromatic carbocycles. The van der Waals surface area contributed by atoms with Gasteiger partial charge in [0.2, 0.25) is 0 Å². The first-order valence-electron chi connectivity index (χ1n) is 6.46. The third-order valence-electron chi connectivity index (χ3n) is 2.95. The van der Waals surface area contributed by atoms with Crippen LogP contribution in [0.25, 0.3) is 0 Å². The van der Waals surface area contributed by atoms with E-state index in [9.17, 15) is 14.9 Å². The van der Waals surface area contributed by atoms with E-state index in [2.05, 4.69) is 5.32 Å². The van der Waals surface area contributed by atoms with E-state index in [1.54, 1.807) is 49.6 Å². The first kappa shape index (κ1) is 15.2. The zero-order valence-electron chi connectivity index (χ0n) is 11.9. The van der Waals surface area contributed by atoms with Crippen LogP contribution in [0.3, 0.4) is 0 Å². The van der Waals surface area contributed by atoms with E-state index in [0.717, 1.165) is 0 Å². The average Bonchev–Trinajstić information content (AvgIpc) is 2.55. The van der Waals surface area contributed by atoms with Gasteiger partial charge in [-0.3, -0.25) is 14.9 Å². The molecule has 0 bridgehead atoms. The predicted molar refractivity (Wildman–Crippen MR) is 83.2 cm³/mol. The number of anilines is 1. The van der Waals surface area contributed by atoms with Gasteiger partial charge in [-0.25, -0.2) is 0 Å². The minimum absolute atomic E-state index is 0.0518. The highest BCUT2D eigenvalue weighted by Crippen LogP contribution is 2.23. The van der Waals surface area contributed by atoms with Crippen LogP contribution in [0.5, 0.6) is 5.75 Å². The number of methoxy groups -OCH3 is 1. The lowest BCUT2D eigenvalue weighted by molar-refractivity contribution is -0.383. The summed E-state index contributed by atoms with van der Waals surface area (Å²) >= 11 is 0. The number of carbonyl (C=O) groups is 1. The molecule has 112 valence electrons. The molecule has 1 N–H and O–H groups in total. The molecular formula is C16H14N2O4. The van der Waals surface area contributed by atoms with Gasteiger partial charge >= 0.3 is 0 Å². The number of rotatable bonds is 6. The number of benzene rings is 2. The molecular weight excluding hydrogens is 284 g/mol. The number of nitro benzene ring substituents is 1. The summed E-state index contributed by atoms with van der Waals surface area (Å²) in [7, 11) is 1.55. The van der Waals surface area contributed by atoms with Crippen molar-refractivity contribution < 1.29 is 14.5 Å². The minimum Gasteiger partial charge on any atom is -0.497 e. The maximum Gasteiger partial charge on any atom is 0.292 e. The Morgan fingerprint density at radius 1 is 1.18 bits per heavy atom. The van der Waals surface area contributed by atoms with E-state index < -0.39 is 4.92 Å². The normalized spacial score (nSPS) is 10.4. The van der Waals surface area contributed by atoms with E-state index in [1.165, 1.54) is 18.3 Å². The van der Waals surface area contributed by atoms with Crippen molar-refractivity contribution in [3.8, 4) is 5.75 Å². The Kier molecular flexibility index (Phi) is 4.87. The molecule has 0 aromatic heterocycles. The third-order valence-corrected chi connectivity index (χ3v) is 2.95. The minimum atomic E-state index is -0.485. The fourth-order valence-electron chi connectivity index (χ4n) is 1.81. The smallest absolute Gasteiger partial charge is 0.292 e. The van der Waals surface area contributed by atoms with E-state index in [0.29, 0.717) is 17.0 Å². The van der Waals surface area contributed by atoms with Crippen LogP contribution in [0, 0.1) is 10.1 Å². The van der Waals surface area contributed by atoms with Crippen LogP contribution in [0.4, 0.5) is 11.4 Å². The zero-order chi connectivity index (χ0) is 15.9. The monoisotopic (exact) mass is 298 g/mol. The summed E-state index contributed by atoms with van der Waals surface area (Å²) in [5.41, 5.74) is 0.775. The third kappa shape index (κ3) is 3.69. The second-order valence-corrected chi connectivity index (χ2v) is 4.34. The van der Waals surface area contributed by atoms with Crippen LogP contribution in [0.15, 0.2) is 60.8 Å². The first-order valence-corrected chi connectivity index (χ1v) is 6.46. The number of nitrogens with one attached hydrogen (secondary N) is 1. The number of para-hydroxylation sites is 2. The number of nitrogens with zero attached hydrogens (tertiary/aromatic N) is 1. The van der Waals surface area contributed by atoms with Crippen LogP contribution in [0.2, 0.25) is 0 Å². The molecule has 0 radical (unpaired) electrons. The predicted octanol–water partition coefficient (Wildman–Crippen LogP) is 3.41. The molecule has 0 spiro atoms. The fraction of sp³-hybridized carbons (Fsp3) is 0.0625. The molecule has 0 unspecified atom stereocenters. The van der Waals surface area contributed by atoms with Gasteiger partial charge < -0.3 is 10.1 Å². The Morgan fingerprint density at radius 3 is 2.50 bits per heavy atom. The van der Waals surface area contributed by atoms with Gasteiger partial charge in [0.1, 0.15) is 11.4 Å². The molecule has 22 heavy (non-hydrogen) atoms. The van der Waals surface area contributed by atoms with Crippen molar-refractivity contribution in [1.29, 1.82) is 0 Å². The van der Waals surface area contributed by atoms with E-state index in [-0.39, 0.29) is 11.5 Å². The average molecular weight is 298 g/mol. The molecule has 6 nitrogen and oxygen atoms in total. The van der Waals surface area contributed by atoms with Crippen molar-refractivity contribution >= 4 is 17.2 Å². The molecule has 0 amide bonds. The topological polar surface area (TPSA) is 81.5 Å². The molecule has 6 heteroatoms. The zero-order valence-corrected chi connectivity index (χ0v) is 11.9. The van der Waals surface area contributed by atoms with Crippen LogP contribution >= 0.6 is 0 Å². The molecule has 0 atom stereocenters. The van der Waals surface area contributed by atoms with E-state index >= 15 is 0 Å². The number of allylic oxidation sites excluding steroid dienone is 1. The summed E-state index contributed by atoms with van der Waals surface area (Å²) in [5.74, 6) is 0.451. The molecule has 2 rings (SSSR count). The van der Waals surface area contributed by atoms with Crippen molar-refractivity contribution in [2.75, 3.05) is 12.4 Å². The molecule has 0 saturated carbocycles. The van der Waals surface area contributed by atoms with E-state index in [1.807, 2.05) is 0 Å². The van der Waals surface area contributed by atoms with Crippen molar-refractivity contribution in [2.45, 2.75) is 0 Å². The molecule has 2 aromatic rings. The lowest BCUT2D eigenvalue weighted by Gasteiger charge is -2.02. The van der Waals surface area contributed by atoms with Gasteiger partial charge in [0.05, 0.1) is 12.0 Å². The summed E-state index contributed by atoms with van der Waals surface area (Å²) in [6.45, 7) is 0. The summed E-state index contributed by atoms with van der Waals surface area (Å²) in [6, 6.07) is 12.9. The molecule has 0 saturated heterocycles. The summed E-state index contributed by atoms with van der Waals surface area (Å²) in [5, 5.41) is 13.6. The summed E-state index contributed by atoms with van der Waals surface area (Å²) in [6.07, 6.45) is 2.70. The number of hydrogen-bond acceptors (Lipinski definition) is 5. The Bertz CT molecular complexity index is 708. The summed E-state index contributed by atoms with van der Waals surface area (Å²) < 4.78 is 5.02. The van der Waals surface area contributed by atoms with Gasteiger partial charge in [0.25, 0.3) is 5.69 Å². The van der Waals surface area contributed by atoms with Gasteiger partial charge in [-0.2, -0.15) is 0 Å². The maximum absolute atomic E-state index is 12.0. The highest BCUT2D eigenvalue weighted by Gasteiger charge is 2.10. The van der Waals surface area contributed by atoms with Gasteiger partial charge in [0, 0.05) is 23.9 Å². The van der Waals surface area contributed by atoms with Crippen LogP contribution in [-0.2, 0) is 0 Å². The van der Waals surface area contributed by atoms with Crippen molar-refractivity contribution in [3.05, 3.63) is 76.5 Å². The molecule has 0 fully saturated rings. The highest BCUT2D eigenvalue weighted by molar-refractivity contribution is 6.04. The second-order valence-electron chi connectivity index (χ2n) is 4.34. The lowest BCUT2D eigenvalue weighted by atomic mass is 10.1. The van der Waals surface area contributed by atoms with Crippen molar-refractivity contribution in [2.24, 2.45) is 0 Å². The standard InChI is InChI=1S/C16H14N2O4/c1-22-13-8-6-12(7-9-13)16(19)10-11-17-14-4-2-3-5-15(14)18(20)21/h2-11,17H,1H3. The SMILES string of the molecule is COc1ccc(C(=O)C=CNc2ccccc2[N+](=O)[O-])cc1. The maximum atomic E-state index is 12.0. The van der Waals surface area contributed by atoms with Crippen LogP contribution in [-0.4, -0.2) is 17.8 Å². The fourth-order valence-corrected chi connectivity index (χ4v) is 1.81. The number of hydrogen-bond donors (Lipinski definition) is 1. The van der Waals surface area contributed by atoms with Crippen LogP contribution < -0.4 is 10.1 Å². The van der Waals surface area contributed by atoms with Crippen LogP contribution in [0.1, 0.15) is 10.4 Å². The number of nitro groups is 1. The molecule has 0 aliphatic heterocycles. The lowest BCUT2D eigenvalue weighted by Crippen LogP contribution is -1.98. The number of ketones is 1. The Balaban J connectivity index is 2.06. The molecule has 0 aliphatic carbocycles.